The monoisotopic (exact) mass is 407 g/mol. The van der Waals surface area contributed by atoms with Gasteiger partial charge in [-0.3, -0.25) is 0 Å². The zero-order chi connectivity index (χ0) is 15.5. The SMILES string of the molecule is OB(I)c1cc(C(F)(F)F)cnc1OCc1ccccc1. The van der Waals surface area contributed by atoms with E-state index in [1.165, 1.54) is 0 Å². The fourth-order valence-corrected chi connectivity index (χ4v) is 2.09. The average molecular weight is 407 g/mol. The van der Waals surface area contributed by atoms with Crippen molar-refractivity contribution < 1.29 is 22.9 Å². The maximum absolute atomic E-state index is 12.6. The number of hydrogen-bond donors (Lipinski definition) is 1. The molecule has 1 aromatic heterocycles. The summed E-state index contributed by atoms with van der Waals surface area (Å²) in [5, 5.41) is 9.59. The second kappa shape index (κ2) is 6.65. The molecular weight excluding hydrogens is 397 g/mol. The van der Waals surface area contributed by atoms with E-state index in [0.717, 1.165) is 11.6 Å². The number of hydrogen-bond acceptors (Lipinski definition) is 3. The predicted octanol–water partition coefficient (Wildman–Crippen LogP) is 2.80. The smallest absolute Gasteiger partial charge is 0.417 e. The van der Waals surface area contributed by atoms with Crippen LogP contribution in [0.25, 0.3) is 0 Å². The van der Waals surface area contributed by atoms with Gasteiger partial charge in [0.1, 0.15) is 6.61 Å². The number of rotatable bonds is 4. The van der Waals surface area contributed by atoms with Gasteiger partial charge in [-0.25, -0.2) is 4.98 Å². The van der Waals surface area contributed by atoms with Crippen molar-refractivity contribution >= 4 is 32.6 Å². The van der Waals surface area contributed by atoms with E-state index in [-0.39, 0.29) is 17.9 Å². The number of halogens is 4. The summed E-state index contributed by atoms with van der Waals surface area (Å²) >= 11 is 1.60. The molecule has 0 fully saturated rings. The molecule has 0 aliphatic heterocycles. The highest BCUT2D eigenvalue weighted by molar-refractivity contribution is 14.1. The zero-order valence-corrected chi connectivity index (χ0v) is 12.8. The van der Waals surface area contributed by atoms with E-state index in [1.807, 2.05) is 30.3 Å². The Kier molecular flexibility index (Phi) is 5.10. The molecule has 0 bridgehead atoms. The summed E-state index contributed by atoms with van der Waals surface area (Å²) in [6, 6.07) is 10.00. The van der Waals surface area contributed by atoms with Gasteiger partial charge >= 0.3 is 10.9 Å². The van der Waals surface area contributed by atoms with Crippen molar-refractivity contribution in [3.63, 3.8) is 0 Å². The van der Waals surface area contributed by atoms with Crippen LogP contribution in [0.3, 0.4) is 0 Å². The lowest BCUT2D eigenvalue weighted by Crippen LogP contribution is -2.28. The Morgan fingerprint density at radius 1 is 1.24 bits per heavy atom. The molecular formula is C13H10BF3INO2. The van der Waals surface area contributed by atoms with Gasteiger partial charge in [-0.05, 0) is 11.6 Å². The van der Waals surface area contributed by atoms with Crippen molar-refractivity contribution in [1.29, 1.82) is 0 Å². The number of pyridine rings is 1. The largest absolute Gasteiger partial charge is 0.473 e. The summed E-state index contributed by atoms with van der Waals surface area (Å²) in [6.07, 6.45) is -3.81. The molecule has 0 unspecified atom stereocenters. The summed E-state index contributed by atoms with van der Waals surface area (Å²) in [7, 11) is 0. The van der Waals surface area contributed by atoms with Crippen LogP contribution in [0.5, 0.6) is 5.88 Å². The van der Waals surface area contributed by atoms with Crippen molar-refractivity contribution in [2.24, 2.45) is 0 Å². The van der Waals surface area contributed by atoms with Crippen molar-refractivity contribution in [3.05, 3.63) is 53.7 Å². The molecule has 1 N–H and O–H groups in total. The first-order valence-electron chi connectivity index (χ1n) is 5.94. The van der Waals surface area contributed by atoms with Gasteiger partial charge in [0.2, 0.25) is 5.88 Å². The molecule has 0 amide bonds. The average Bonchev–Trinajstić information content (AvgIpc) is 2.45. The predicted molar refractivity (Wildman–Crippen MR) is 81.6 cm³/mol. The second-order valence-corrected chi connectivity index (χ2v) is 5.41. The highest BCUT2D eigenvalue weighted by atomic mass is 127. The van der Waals surface area contributed by atoms with Crippen LogP contribution in [0, 0.1) is 0 Å². The molecule has 0 saturated carbocycles. The normalized spacial score (nSPS) is 11.3. The van der Waals surface area contributed by atoms with Crippen LogP contribution in [0.2, 0.25) is 0 Å². The lowest BCUT2D eigenvalue weighted by molar-refractivity contribution is -0.137. The summed E-state index contributed by atoms with van der Waals surface area (Å²) < 4.78 is 42.2. The van der Waals surface area contributed by atoms with Crippen LogP contribution in [0.15, 0.2) is 42.6 Å². The molecule has 0 atom stereocenters. The van der Waals surface area contributed by atoms with Gasteiger partial charge in [-0.2, -0.15) is 13.2 Å². The number of aromatic nitrogens is 1. The highest BCUT2D eigenvalue weighted by Crippen LogP contribution is 2.29. The first kappa shape index (κ1) is 16.1. The lowest BCUT2D eigenvalue weighted by Gasteiger charge is -2.13. The Balaban J connectivity index is 2.23. The fraction of sp³-hybridized carbons (Fsp3) is 0.154. The van der Waals surface area contributed by atoms with Gasteiger partial charge in [-0.15, -0.1) is 22.4 Å². The molecule has 3 nitrogen and oxygen atoms in total. The van der Waals surface area contributed by atoms with E-state index in [2.05, 4.69) is 4.98 Å². The Hall–Kier alpha value is -1.29. The van der Waals surface area contributed by atoms with Gasteiger partial charge in [0.15, 0.2) is 0 Å². The minimum Gasteiger partial charge on any atom is -0.473 e. The number of ether oxygens (including phenoxy) is 1. The van der Waals surface area contributed by atoms with E-state index in [9.17, 15) is 18.2 Å². The van der Waals surface area contributed by atoms with Crippen LogP contribution in [-0.4, -0.2) is 14.8 Å². The number of nitrogens with zero attached hydrogens (tertiary/aromatic N) is 1. The van der Waals surface area contributed by atoms with E-state index < -0.39 is 16.5 Å². The topological polar surface area (TPSA) is 42.4 Å². The van der Waals surface area contributed by atoms with E-state index in [4.69, 9.17) is 4.74 Å². The quantitative estimate of drug-likeness (QED) is 0.627. The van der Waals surface area contributed by atoms with Crippen LogP contribution in [-0.2, 0) is 12.8 Å². The van der Waals surface area contributed by atoms with Gasteiger partial charge in [0, 0.05) is 11.7 Å². The Bertz CT molecular complexity index is 608. The Labute approximate surface area is 133 Å². The molecule has 2 rings (SSSR count). The maximum Gasteiger partial charge on any atom is 0.417 e. The summed E-state index contributed by atoms with van der Waals surface area (Å²) in [4.78, 5) is 3.67. The summed E-state index contributed by atoms with van der Waals surface area (Å²) in [5.41, 5.74) is -0.0604. The van der Waals surface area contributed by atoms with Crippen molar-refractivity contribution in [2.45, 2.75) is 12.8 Å². The third-order valence-corrected chi connectivity index (χ3v) is 3.35. The standard InChI is InChI=1S/C13H10BF3INO2/c15-13(16,17)10-6-11(14(18)20)12(19-7-10)21-8-9-4-2-1-3-5-9/h1-7,20H,8H2. The van der Waals surface area contributed by atoms with Crippen molar-refractivity contribution in [2.75, 3.05) is 0 Å². The third-order valence-electron chi connectivity index (χ3n) is 2.68. The van der Waals surface area contributed by atoms with Crippen molar-refractivity contribution in [3.8, 4) is 5.88 Å². The van der Waals surface area contributed by atoms with E-state index in [1.54, 1.807) is 22.4 Å². The van der Waals surface area contributed by atoms with E-state index in [0.29, 0.717) is 6.20 Å². The summed E-state index contributed by atoms with van der Waals surface area (Å²) in [6.45, 7) is 0.162. The summed E-state index contributed by atoms with van der Waals surface area (Å²) in [5.74, 6) is -0.00578. The van der Waals surface area contributed by atoms with Crippen LogP contribution < -0.4 is 10.2 Å². The minimum absolute atomic E-state index is 0.00126. The van der Waals surface area contributed by atoms with Crippen molar-refractivity contribution in [1.82, 2.24) is 4.98 Å². The molecule has 2 aromatic rings. The first-order chi connectivity index (χ1) is 9.88. The van der Waals surface area contributed by atoms with Crippen LogP contribution >= 0.6 is 22.4 Å². The molecule has 0 aliphatic carbocycles. The van der Waals surface area contributed by atoms with E-state index >= 15 is 0 Å². The number of benzene rings is 1. The van der Waals surface area contributed by atoms with Crippen LogP contribution in [0.4, 0.5) is 13.2 Å². The second-order valence-electron chi connectivity index (χ2n) is 4.23. The molecule has 0 spiro atoms. The van der Waals surface area contributed by atoms with Gasteiger partial charge in [0.25, 0.3) is 0 Å². The molecule has 0 radical (unpaired) electrons. The van der Waals surface area contributed by atoms with Gasteiger partial charge in [-0.1, -0.05) is 30.3 Å². The Morgan fingerprint density at radius 2 is 1.90 bits per heavy atom. The van der Waals surface area contributed by atoms with Gasteiger partial charge < -0.3 is 9.76 Å². The molecule has 1 heterocycles. The molecule has 1 aromatic carbocycles. The fourth-order valence-electron chi connectivity index (χ4n) is 1.64. The first-order valence-corrected chi connectivity index (χ1v) is 7.18. The molecule has 0 aliphatic rings. The molecule has 8 heteroatoms. The molecule has 21 heavy (non-hydrogen) atoms. The molecule has 110 valence electrons. The third kappa shape index (κ3) is 4.34. The molecule has 0 saturated heterocycles. The lowest BCUT2D eigenvalue weighted by atomic mass is 9.88. The van der Waals surface area contributed by atoms with Crippen LogP contribution in [0.1, 0.15) is 11.1 Å². The zero-order valence-electron chi connectivity index (χ0n) is 10.6. The Morgan fingerprint density at radius 3 is 2.48 bits per heavy atom. The maximum atomic E-state index is 12.6. The van der Waals surface area contributed by atoms with Gasteiger partial charge in [0.05, 0.1) is 5.56 Å². The minimum atomic E-state index is -4.51. The highest BCUT2D eigenvalue weighted by Gasteiger charge is 2.33. The number of alkyl halides is 3.